The van der Waals surface area contributed by atoms with E-state index in [2.05, 4.69) is 12.2 Å². The fourth-order valence-corrected chi connectivity index (χ4v) is 2.74. The SMILES string of the molecule is COc1cc(OC)c(N)c(C(=O)NC2CCC(C)CC2)c1. The van der Waals surface area contributed by atoms with Gasteiger partial charge in [-0.1, -0.05) is 6.92 Å². The summed E-state index contributed by atoms with van der Waals surface area (Å²) in [6.45, 7) is 2.25. The summed E-state index contributed by atoms with van der Waals surface area (Å²) in [6.07, 6.45) is 4.35. The second kappa shape index (κ2) is 6.70. The molecular formula is C16H24N2O3. The van der Waals surface area contributed by atoms with E-state index < -0.39 is 0 Å². The fraction of sp³-hybridized carbons (Fsp3) is 0.562. The van der Waals surface area contributed by atoms with E-state index in [-0.39, 0.29) is 11.9 Å². The third-order valence-corrected chi connectivity index (χ3v) is 4.17. The van der Waals surface area contributed by atoms with Gasteiger partial charge >= 0.3 is 0 Å². The quantitative estimate of drug-likeness (QED) is 0.837. The Bertz CT molecular complexity index is 508. The Morgan fingerprint density at radius 3 is 2.43 bits per heavy atom. The predicted octanol–water partition coefficient (Wildman–Crippen LogP) is 2.59. The normalized spacial score (nSPS) is 21.7. The third-order valence-electron chi connectivity index (χ3n) is 4.17. The van der Waals surface area contributed by atoms with Crippen LogP contribution in [0, 0.1) is 5.92 Å². The number of anilines is 1. The Hall–Kier alpha value is -1.91. The molecule has 0 aromatic heterocycles. The molecule has 5 heteroatoms. The summed E-state index contributed by atoms with van der Waals surface area (Å²) >= 11 is 0. The lowest BCUT2D eigenvalue weighted by Gasteiger charge is -2.27. The minimum atomic E-state index is -0.163. The zero-order valence-corrected chi connectivity index (χ0v) is 12.9. The Morgan fingerprint density at radius 2 is 1.86 bits per heavy atom. The van der Waals surface area contributed by atoms with Crippen molar-refractivity contribution in [1.29, 1.82) is 0 Å². The molecule has 1 amide bonds. The molecule has 0 radical (unpaired) electrons. The molecular weight excluding hydrogens is 268 g/mol. The van der Waals surface area contributed by atoms with Crippen LogP contribution in [0.2, 0.25) is 0 Å². The van der Waals surface area contributed by atoms with Crippen LogP contribution in [-0.4, -0.2) is 26.2 Å². The highest BCUT2D eigenvalue weighted by Gasteiger charge is 2.22. The Labute approximate surface area is 125 Å². The molecule has 1 saturated carbocycles. The number of hydrogen-bond donors (Lipinski definition) is 2. The van der Waals surface area contributed by atoms with Gasteiger partial charge in [0.05, 0.1) is 25.5 Å². The monoisotopic (exact) mass is 292 g/mol. The van der Waals surface area contributed by atoms with Crippen LogP contribution in [0.25, 0.3) is 0 Å². The molecule has 1 aliphatic rings. The van der Waals surface area contributed by atoms with E-state index in [9.17, 15) is 4.79 Å². The number of amides is 1. The Morgan fingerprint density at radius 1 is 1.19 bits per heavy atom. The van der Waals surface area contributed by atoms with Crippen LogP contribution >= 0.6 is 0 Å². The highest BCUT2D eigenvalue weighted by atomic mass is 16.5. The number of nitrogens with two attached hydrogens (primary N) is 1. The molecule has 0 saturated heterocycles. The first kappa shape index (κ1) is 15.5. The van der Waals surface area contributed by atoms with Gasteiger partial charge in [0.25, 0.3) is 5.91 Å². The highest BCUT2D eigenvalue weighted by molar-refractivity contribution is 6.01. The predicted molar refractivity (Wildman–Crippen MR) is 82.8 cm³/mol. The molecule has 21 heavy (non-hydrogen) atoms. The second-order valence-electron chi connectivity index (χ2n) is 5.72. The molecule has 0 atom stereocenters. The van der Waals surface area contributed by atoms with E-state index in [0.29, 0.717) is 22.7 Å². The maximum Gasteiger partial charge on any atom is 0.253 e. The number of benzene rings is 1. The van der Waals surface area contributed by atoms with Crippen molar-refractivity contribution in [2.24, 2.45) is 5.92 Å². The van der Waals surface area contributed by atoms with Gasteiger partial charge in [-0.3, -0.25) is 4.79 Å². The largest absolute Gasteiger partial charge is 0.497 e. The van der Waals surface area contributed by atoms with Gasteiger partial charge in [0, 0.05) is 12.1 Å². The molecule has 1 aromatic rings. The molecule has 0 heterocycles. The molecule has 1 aromatic carbocycles. The summed E-state index contributed by atoms with van der Waals surface area (Å²) < 4.78 is 10.4. The number of carbonyl (C=O) groups excluding carboxylic acids is 1. The molecule has 0 aliphatic heterocycles. The molecule has 1 fully saturated rings. The van der Waals surface area contributed by atoms with E-state index in [4.69, 9.17) is 15.2 Å². The average Bonchev–Trinajstić information content (AvgIpc) is 2.49. The van der Waals surface area contributed by atoms with Crippen molar-refractivity contribution < 1.29 is 14.3 Å². The number of hydrogen-bond acceptors (Lipinski definition) is 4. The zero-order chi connectivity index (χ0) is 15.4. The van der Waals surface area contributed by atoms with Gasteiger partial charge in [-0.15, -0.1) is 0 Å². The number of ether oxygens (including phenoxy) is 2. The van der Waals surface area contributed by atoms with Gasteiger partial charge in [0.15, 0.2) is 0 Å². The third kappa shape index (κ3) is 3.60. The molecule has 5 nitrogen and oxygen atoms in total. The first-order valence-electron chi connectivity index (χ1n) is 7.37. The summed E-state index contributed by atoms with van der Waals surface area (Å²) in [7, 11) is 3.07. The van der Waals surface area contributed by atoms with Crippen LogP contribution in [0.15, 0.2) is 12.1 Å². The number of nitrogen functional groups attached to an aromatic ring is 1. The standard InChI is InChI=1S/C16H24N2O3/c1-10-4-6-11(7-5-10)18-16(19)13-8-12(20-2)9-14(21-3)15(13)17/h8-11H,4-7,17H2,1-3H3,(H,18,19). The van der Waals surface area contributed by atoms with Crippen LogP contribution < -0.4 is 20.5 Å². The second-order valence-corrected chi connectivity index (χ2v) is 5.72. The van der Waals surface area contributed by atoms with Crippen molar-refractivity contribution in [3.8, 4) is 11.5 Å². The van der Waals surface area contributed by atoms with Crippen LogP contribution in [-0.2, 0) is 0 Å². The fourth-order valence-electron chi connectivity index (χ4n) is 2.74. The summed E-state index contributed by atoms with van der Waals surface area (Å²) in [4.78, 5) is 12.4. The maximum absolute atomic E-state index is 12.4. The van der Waals surface area contributed by atoms with Crippen LogP contribution in [0.3, 0.4) is 0 Å². The van der Waals surface area contributed by atoms with Crippen molar-refractivity contribution in [3.63, 3.8) is 0 Å². The lowest BCUT2D eigenvalue weighted by Crippen LogP contribution is -2.37. The van der Waals surface area contributed by atoms with Crippen molar-refractivity contribution in [3.05, 3.63) is 17.7 Å². The Kier molecular flexibility index (Phi) is 4.94. The van der Waals surface area contributed by atoms with Gasteiger partial charge in [0.2, 0.25) is 0 Å². The van der Waals surface area contributed by atoms with Gasteiger partial charge in [-0.25, -0.2) is 0 Å². The van der Waals surface area contributed by atoms with E-state index in [0.717, 1.165) is 31.6 Å². The summed E-state index contributed by atoms with van der Waals surface area (Å²) in [5.41, 5.74) is 6.76. The average molecular weight is 292 g/mol. The van der Waals surface area contributed by atoms with Crippen molar-refractivity contribution in [1.82, 2.24) is 5.32 Å². The van der Waals surface area contributed by atoms with Gasteiger partial charge in [-0.05, 0) is 37.7 Å². The molecule has 2 rings (SSSR count). The molecule has 0 bridgehead atoms. The molecule has 116 valence electrons. The van der Waals surface area contributed by atoms with Crippen LogP contribution in [0.5, 0.6) is 11.5 Å². The van der Waals surface area contributed by atoms with Crippen molar-refractivity contribution in [2.75, 3.05) is 20.0 Å². The molecule has 0 unspecified atom stereocenters. The van der Waals surface area contributed by atoms with Gasteiger partial charge in [-0.2, -0.15) is 0 Å². The van der Waals surface area contributed by atoms with Gasteiger partial charge < -0.3 is 20.5 Å². The van der Waals surface area contributed by atoms with Gasteiger partial charge in [0.1, 0.15) is 11.5 Å². The number of methoxy groups -OCH3 is 2. The topological polar surface area (TPSA) is 73.6 Å². The van der Waals surface area contributed by atoms with Crippen LogP contribution in [0.4, 0.5) is 5.69 Å². The molecule has 1 aliphatic carbocycles. The number of rotatable bonds is 4. The highest BCUT2D eigenvalue weighted by Crippen LogP contribution is 2.31. The smallest absolute Gasteiger partial charge is 0.253 e. The Balaban J connectivity index is 2.14. The number of carbonyl (C=O) groups is 1. The van der Waals surface area contributed by atoms with Crippen molar-refractivity contribution >= 4 is 11.6 Å². The van der Waals surface area contributed by atoms with E-state index >= 15 is 0 Å². The lowest BCUT2D eigenvalue weighted by molar-refractivity contribution is 0.0923. The molecule has 0 spiro atoms. The van der Waals surface area contributed by atoms with E-state index in [1.54, 1.807) is 19.2 Å². The van der Waals surface area contributed by atoms with E-state index in [1.165, 1.54) is 7.11 Å². The molecule has 3 N–H and O–H groups in total. The summed E-state index contributed by atoms with van der Waals surface area (Å²) in [5.74, 6) is 1.60. The van der Waals surface area contributed by atoms with Crippen LogP contribution in [0.1, 0.15) is 43.0 Å². The minimum absolute atomic E-state index is 0.163. The lowest BCUT2D eigenvalue weighted by atomic mass is 9.87. The maximum atomic E-state index is 12.4. The summed E-state index contributed by atoms with van der Waals surface area (Å²) in [5, 5.41) is 3.07. The zero-order valence-electron chi connectivity index (χ0n) is 12.9. The minimum Gasteiger partial charge on any atom is -0.497 e. The van der Waals surface area contributed by atoms with E-state index in [1.807, 2.05) is 0 Å². The summed E-state index contributed by atoms with van der Waals surface area (Å²) in [6, 6.07) is 3.55. The van der Waals surface area contributed by atoms with Crippen molar-refractivity contribution in [2.45, 2.75) is 38.6 Å². The number of nitrogens with one attached hydrogen (secondary N) is 1. The first-order valence-corrected chi connectivity index (χ1v) is 7.37. The first-order chi connectivity index (χ1) is 10.0.